The van der Waals surface area contributed by atoms with Crippen LogP contribution in [0, 0.1) is 0 Å². The smallest absolute Gasteiger partial charge is 0.138 e. The molecule has 0 unspecified atom stereocenters. The lowest BCUT2D eigenvalue weighted by Crippen LogP contribution is -2.12. The van der Waals surface area contributed by atoms with Gasteiger partial charge in [-0.15, -0.1) is 0 Å². The van der Waals surface area contributed by atoms with Crippen LogP contribution in [0.25, 0.3) is 0 Å². The molecule has 1 aliphatic rings. The van der Waals surface area contributed by atoms with Crippen molar-refractivity contribution >= 4 is 17.1 Å². The molecule has 0 saturated carbocycles. The second-order valence-electron chi connectivity index (χ2n) is 3.97. The molecule has 0 spiro atoms. The van der Waals surface area contributed by atoms with Gasteiger partial charge >= 0.3 is 0 Å². The van der Waals surface area contributed by atoms with Gasteiger partial charge in [0.25, 0.3) is 0 Å². The molecule has 3 nitrogen and oxygen atoms in total. The van der Waals surface area contributed by atoms with E-state index in [0.29, 0.717) is 0 Å². The maximum Gasteiger partial charge on any atom is 0.138 e. The third-order valence-corrected chi connectivity index (χ3v) is 2.85. The van der Waals surface area contributed by atoms with Gasteiger partial charge in [-0.1, -0.05) is 53.7 Å². The van der Waals surface area contributed by atoms with Crippen LogP contribution in [0.5, 0.6) is 0 Å². The van der Waals surface area contributed by atoms with E-state index in [-0.39, 0.29) is 0 Å². The molecule has 0 bridgehead atoms. The number of hydrogen-bond acceptors (Lipinski definition) is 3. The zero-order chi connectivity index (χ0) is 12.4. The molecule has 0 fully saturated rings. The molecular formula is C15H12N2O. The summed E-state index contributed by atoms with van der Waals surface area (Å²) >= 11 is 0. The highest BCUT2D eigenvalue weighted by Gasteiger charge is 2.23. The molecule has 1 aliphatic heterocycles. The van der Waals surface area contributed by atoms with Gasteiger partial charge in [-0.05, 0) is 6.07 Å². The van der Waals surface area contributed by atoms with E-state index in [4.69, 9.17) is 4.84 Å². The molecule has 0 amide bonds. The summed E-state index contributed by atoms with van der Waals surface area (Å²) < 4.78 is 0. The van der Waals surface area contributed by atoms with Crippen LogP contribution in [0.1, 0.15) is 11.1 Å². The molecule has 2 aromatic carbocycles. The largest absolute Gasteiger partial charge is 0.399 e. The molecule has 1 heterocycles. The molecule has 0 radical (unpaired) electrons. The summed E-state index contributed by atoms with van der Waals surface area (Å²) in [6.45, 7) is 0. The topological polar surface area (TPSA) is 34.0 Å². The third-order valence-electron chi connectivity index (χ3n) is 2.85. The highest BCUT2D eigenvalue weighted by molar-refractivity contribution is 6.56. The number of para-hydroxylation sites is 1. The Kier molecular flexibility index (Phi) is 2.65. The number of nitrogens with zero attached hydrogens (tertiary/aromatic N) is 2. The van der Waals surface area contributed by atoms with Gasteiger partial charge in [0, 0.05) is 11.1 Å². The van der Waals surface area contributed by atoms with E-state index in [0.717, 1.165) is 28.2 Å². The second kappa shape index (κ2) is 4.45. The van der Waals surface area contributed by atoms with E-state index in [1.54, 1.807) is 7.11 Å². The van der Waals surface area contributed by atoms with Crippen molar-refractivity contribution < 1.29 is 4.84 Å². The Morgan fingerprint density at radius 2 is 1.67 bits per heavy atom. The normalized spacial score (nSPS) is 15.4. The molecule has 0 saturated heterocycles. The lowest BCUT2D eigenvalue weighted by molar-refractivity contribution is 0.214. The maximum absolute atomic E-state index is 4.94. The summed E-state index contributed by atoms with van der Waals surface area (Å²) in [4.78, 5) is 9.57. The quantitative estimate of drug-likeness (QED) is 0.737. The first-order valence-electron chi connectivity index (χ1n) is 5.75. The number of oxime groups is 1. The SMILES string of the molecule is CON=C1C(c2ccccc2)=Nc2ccccc21. The van der Waals surface area contributed by atoms with E-state index in [1.165, 1.54) is 0 Å². The molecule has 3 rings (SSSR count). The van der Waals surface area contributed by atoms with Crippen LogP contribution in [0.3, 0.4) is 0 Å². The second-order valence-corrected chi connectivity index (χ2v) is 3.97. The first-order valence-corrected chi connectivity index (χ1v) is 5.75. The lowest BCUT2D eigenvalue weighted by atomic mass is 10.0. The average molecular weight is 236 g/mol. The first-order chi connectivity index (χ1) is 8.90. The minimum Gasteiger partial charge on any atom is -0.399 e. The summed E-state index contributed by atoms with van der Waals surface area (Å²) in [5.41, 5.74) is 4.65. The van der Waals surface area contributed by atoms with Crippen molar-refractivity contribution in [1.82, 2.24) is 0 Å². The molecule has 0 aliphatic carbocycles. The van der Waals surface area contributed by atoms with Crippen molar-refractivity contribution in [3.8, 4) is 0 Å². The zero-order valence-corrected chi connectivity index (χ0v) is 10.00. The van der Waals surface area contributed by atoms with Crippen molar-refractivity contribution in [1.29, 1.82) is 0 Å². The van der Waals surface area contributed by atoms with Crippen LogP contribution >= 0.6 is 0 Å². The van der Waals surface area contributed by atoms with Crippen LogP contribution in [0.15, 0.2) is 64.7 Å². The molecule has 3 heteroatoms. The van der Waals surface area contributed by atoms with Gasteiger partial charge in [-0.3, -0.25) is 0 Å². The van der Waals surface area contributed by atoms with Crippen LogP contribution in [0.2, 0.25) is 0 Å². The predicted molar refractivity (Wildman–Crippen MR) is 72.6 cm³/mol. The standard InChI is InChI=1S/C15H12N2O/c1-18-17-15-12-9-5-6-10-13(12)16-14(15)11-7-3-2-4-8-11/h2-10H,1H3. The molecule has 2 aromatic rings. The Morgan fingerprint density at radius 3 is 2.44 bits per heavy atom. The Hall–Kier alpha value is -2.42. The van der Waals surface area contributed by atoms with E-state index in [2.05, 4.69) is 10.1 Å². The van der Waals surface area contributed by atoms with Gasteiger partial charge < -0.3 is 4.84 Å². The van der Waals surface area contributed by atoms with E-state index in [9.17, 15) is 0 Å². The number of fused-ring (bicyclic) bond motifs is 1. The summed E-state index contributed by atoms with van der Waals surface area (Å²) in [6, 6.07) is 18.0. The first kappa shape index (κ1) is 10.7. The van der Waals surface area contributed by atoms with Crippen molar-refractivity contribution in [2.45, 2.75) is 0 Å². The minimum atomic E-state index is 0.791. The monoisotopic (exact) mass is 236 g/mol. The van der Waals surface area contributed by atoms with Crippen molar-refractivity contribution in [2.24, 2.45) is 10.1 Å². The van der Waals surface area contributed by atoms with Crippen molar-refractivity contribution in [3.05, 3.63) is 65.7 Å². The molecule has 0 N–H and O–H groups in total. The predicted octanol–water partition coefficient (Wildman–Crippen LogP) is 3.17. The highest BCUT2D eigenvalue weighted by Crippen LogP contribution is 2.29. The third kappa shape index (κ3) is 1.70. The van der Waals surface area contributed by atoms with Gasteiger partial charge in [0.1, 0.15) is 18.5 Å². The van der Waals surface area contributed by atoms with Gasteiger partial charge in [0.05, 0.1) is 5.69 Å². The Morgan fingerprint density at radius 1 is 0.944 bits per heavy atom. The van der Waals surface area contributed by atoms with Crippen LogP contribution < -0.4 is 0 Å². The molecule has 88 valence electrons. The summed E-state index contributed by atoms with van der Waals surface area (Å²) in [6.07, 6.45) is 0. The highest BCUT2D eigenvalue weighted by atomic mass is 16.6. The van der Waals surface area contributed by atoms with E-state index in [1.807, 2.05) is 54.6 Å². The number of benzene rings is 2. The van der Waals surface area contributed by atoms with Gasteiger partial charge in [0.15, 0.2) is 0 Å². The van der Waals surface area contributed by atoms with E-state index >= 15 is 0 Å². The lowest BCUT2D eigenvalue weighted by Gasteiger charge is -2.02. The molecule has 0 atom stereocenters. The number of rotatable bonds is 2. The van der Waals surface area contributed by atoms with Crippen molar-refractivity contribution in [2.75, 3.05) is 7.11 Å². The van der Waals surface area contributed by atoms with E-state index < -0.39 is 0 Å². The van der Waals surface area contributed by atoms with Gasteiger partial charge in [-0.25, -0.2) is 4.99 Å². The number of hydrogen-bond donors (Lipinski definition) is 0. The van der Waals surface area contributed by atoms with Crippen LogP contribution in [-0.4, -0.2) is 18.5 Å². The number of aliphatic imine (C=N–C) groups is 1. The summed E-state index contributed by atoms with van der Waals surface area (Å²) in [5, 5.41) is 4.11. The van der Waals surface area contributed by atoms with Crippen LogP contribution in [-0.2, 0) is 4.84 Å². The molecular weight excluding hydrogens is 224 g/mol. The average Bonchev–Trinajstić information content (AvgIpc) is 2.80. The minimum absolute atomic E-state index is 0.791. The zero-order valence-electron chi connectivity index (χ0n) is 10.00. The Balaban J connectivity index is 2.15. The Labute approximate surface area is 105 Å². The van der Waals surface area contributed by atoms with Gasteiger partial charge in [0.2, 0.25) is 0 Å². The fourth-order valence-electron chi connectivity index (χ4n) is 2.05. The summed E-state index contributed by atoms with van der Waals surface area (Å²) in [5.74, 6) is 0. The van der Waals surface area contributed by atoms with Crippen molar-refractivity contribution in [3.63, 3.8) is 0 Å². The fraction of sp³-hybridized carbons (Fsp3) is 0.0667. The molecule has 0 aromatic heterocycles. The molecule has 18 heavy (non-hydrogen) atoms. The van der Waals surface area contributed by atoms with Crippen LogP contribution in [0.4, 0.5) is 5.69 Å². The van der Waals surface area contributed by atoms with Gasteiger partial charge in [-0.2, -0.15) is 0 Å². The Bertz CT molecular complexity index is 630. The fourth-order valence-corrected chi connectivity index (χ4v) is 2.05. The maximum atomic E-state index is 4.94. The summed E-state index contributed by atoms with van der Waals surface area (Å²) in [7, 11) is 1.55.